The number of rotatable bonds is 12. The summed E-state index contributed by atoms with van der Waals surface area (Å²) in [4.78, 5) is 4.72. The molecule has 0 aromatic carbocycles. The summed E-state index contributed by atoms with van der Waals surface area (Å²) in [5.74, 6) is 2.27. The standard InChI is InChI=1S/C23H34N6S4/c1-28-12-8-10-18(16-28)20-22(26-32-24-20)30-14-6-4-3-5-7-15-31-23-21(25-33-27-23)19-11-9-13-29(2)17-19/h10-11H,3-9,12-17H2,1-2H3. The zero-order valence-corrected chi connectivity index (χ0v) is 22.9. The van der Waals surface area contributed by atoms with E-state index in [4.69, 9.17) is 0 Å². The van der Waals surface area contributed by atoms with Crippen molar-refractivity contribution in [3.63, 3.8) is 0 Å². The highest BCUT2D eigenvalue weighted by Crippen LogP contribution is 2.31. The summed E-state index contributed by atoms with van der Waals surface area (Å²) >= 11 is 6.46. The second-order valence-electron chi connectivity index (χ2n) is 8.81. The van der Waals surface area contributed by atoms with Crippen molar-refractivity contribution in [2.24, 2.45) is 0 Å². The van der Waals surface area contributed by atoms with Crippen LogP contribution in [0.15, 0.2) is 22.2 Å². The highest BCUT2D eigenvalue weighted by molar-refractivity contribution is 7.99. The van der Waals surface area contributed by atoms with Gasteiger partial charge in [0.1, 0.15) is 21.4 Å². The minimum absolute atomic E-state index is 0.990. The first-order chi connectivity index (χ1) is 16.2. The van der Waals surface area contributed by atoms with Gasteiger partial charge in [0.2, 0.25) is 0 Å². The van der Waals surface area contributed by atoms with Gasteiger partial charge in [-0.3, -0.25) is 0 Å². The molecule has 2 aliphatic rings. The number of hydrogen-bond acceptors (Lipinski definition) is 10. The Labute approximate surface area is 215 Å². The average Bonchev–Trinajstić information content (AvgIpc) is 3.47. The molecule has 4 heterocycles. The largest absolute Gasteiger partial charge is 0.302 e. The summed E-state index contributed by atoms with van der Waals surface area (Å²) in [5.41, 5.74) is 4.95. The third-order valence-electron chi connectivity index (χ3n) is 5.98. The van der Waals surface area contributed by atoms with Crippen molar-refractivity contribution in [1.29, 1.82) is 0 Å². The van der Waals surface area contributed by atoms with Crippen molar-refractivity contribution < 1.29 is 0 Å². The van der Waals surface area contributed by atoms with E-state index in [1.54, 1.807) is 0 Å². The lowest BCUT2D eigenvalue weighted by Crippen LogP contribution is -2.25. The Bertz CT molecular complexity index is 863. The van der Waals surface area contributed by atoms with Crippen LogP contribution in [-0.4, -0.2) is 79.1 Å². The van der Waals surface area contributed by atoms with E-state index in [0.717, 1.165) is 72.0 Å². The number of unbranched alkanes of at least 4 members (excludes halogenated alkanes) is 4. The molecule has 0 aliphatic carbocycles. The Balaban J connectivity index is 1.09. The molecule has 2 aromatic rings. The minimum atomic E-state index is 0.990. The van der Waals surface area contributed by atoms with E-state index in [0.29, 0.717) is 0 Å². The average molecular weight is 523 g/mol. The van der Waals surface area contributed by atoms with Crippen molar-refractivity contribution in [3.05, 3.63) is 23.5 Å². The van der Waals surface area contributed by atoms with Crippen LogP contribution in [0.1, 0.15) is 56.3 Å². The lowest BCUT2D eigenvalue weighted by Gasteiger charge is -2.22. The van der Waals surface area contributed by atoms with Crippen molar-refractivity contribution in [1.82, 2.24) is 27.3 Å². The highest BCUT2D eigenvalue weighted by Gasteiger charge is 2.18. The lowest BCUT2D eigenvalue weighted by molar-refractivity contribution is 0.372. The van der Waals surface area contributed by atoms with Crippen LogP contribution in [-0.2, 0) is 0 Å². The molecule has 2 aliphatic heterocycles. The predicted octanol–water partition coefficient (Wildman–Crippen LogP) is 5.66. The number of thioether (sulfide) groups is 2. The predicted molar refractivity (Wildman–Crippen MR) is 145 cm³/mol. The number of likely N-dealkylation sites (N-methyl/N-ethyl adjacent to an activating group) is 2. The van der Waals surface area contributed by atoms with E-state index in [-0.39, 0.29) is 0 Å². The summed E-state index contributed by atoms with van der Waals surface area (Å²) in [6, 6.07) is 0. The Morgan fingerprint density at radius 2 is 1.15 bits per heavy atom. The van der Waals surface area contributed by atoms with Crippen LogP contribution in [0.25, 0.3) is 11.1 Å². The third kappa shape index (κ3) is 7.60. The summed E-state index contributed by atoms with van der Waals surface area (Å²) < 4.78 is 18.3. The molecule has 0 N–H and O–H groups in total. The maximum atomic E-state index is 4.58. The van der Waals surface area contributed by atoms with Gasteiger partial charge in [0.05, 0.1) is 23.5 Å². The van der Waals surface area contributed by atoms with E-state index in [1.807, 2.05) is 23.5 Å². The molecule has 6 nitrogen and oxygen atoms in total. The second kappa shape index (κ2) is 13.3. The van der Waals surface area contributed by atoms with Gasteiger partial charge in [0.15, 0.2) is 0 Å². The molecule has 0 saturated carbocycles. The molecular weight excluding hydrogens is 489 g/mol. The number of nitrogens with zero attached hydrogens (tertiary/aromatic N) is 6. The lowest BCUT2D eigenvalue weighted by atomic mass is 10.1. The number of aromatic nitrogens is 4. The Morgan fingerprint density at radius 3 is 1.61 bits per heavy atom. The van der Waals surface area contributed by atoms with E-state index >= 15 is 0 Å². The third-order valence-corrected chi connectivity index (χ3v) is 9.36. The summed E-state index contributed by atoms with van der Waals surface area (Å²) in [6.07, 6.45) is 13.3. The van der Waals surface area contributed by atoms with Crippen LogP contribution in [0.5, 0.6) is 0 Å². The first-order valence-electron chi connectivity index (χ1n) is 11.9. The quantitative estimate of drug-likeness (QED) is 0.261. The van der Waals surface area contributed by atoms with Crippen molar-refractivity contribution in [2.75, 3.05) is 51.8 Å². The van der Waals surface area contributed by atoms with Crippen molar-refractivity contribution >= 4 is 58.1 Å². The van der Waals surface area contributed by atoms with E-state index < -0.39 is 0 Å². The number of hydrogen-bond donors (Lipinski definition) is 0. The molecule has 0 atom stereocenters. The monoisotopic (exact) mass is 522 g/mol. The summed E-state index contributed by atoms with van der Waals surface area (Å²) in [7, 11) is 4.36. The van der Waals surface area contributed by atoms with Gasteiger partial charge in [0.25, 0.3) is 0 Å². The van der Waals surface area contributed by atoms with Crippen LogP contribution in [0.4, 0.5) is 0 Å². The molecule has 2 aromatic heterocycles. The zero-order valence-electron chi connectivity index (χ0n) is 19.7. The first kappa shape index (κ1) is 25.3. The van der Waals surface area contributed by atoms with Gasteiger partial charge in [-0.05, 0) is 62.4 Å². The fourth-order valence-electron chi connectivity index (χ4n) is 4.14. The van der Waals surface area contributed by atoms with Crippen LogP contribution < -0.4 is 0 Å². The molecule has 0 bridgehead atoms. The molecule has 0 spiro atoms. The van der Waals surface area contributed by atoms with Gasteiger partial charge in [-0.2, -0.15) is 17.5 Å². The summed E-state index contributed by atoms with van der Waals surface area (Å²) in [6.45, 7) is 4.26. The zero-order chi connectivity index (χ0) is 22.9. The van der Waals surface area contributed by atoms with Gasteiger partial charge in [-0.15, -0.1) is 23.5 Å². The molecule has 10 heteroatoms. The van der Waals surface area contributed by atoms with Gasteiger partial charge in [-0.25, -0.2) is 0 Å². The fraction of sp³-hybridized carbons (Fsp3) is 0.652. The smallest absolute Gasteiger partial charge is 0.138 e. The Hall–Kier alpha value is -0.780. The van der Waals surface area contributed by atoms with Crippen molar-refractivity contribution in [3.8, 4) is 0 Å². The van der Waals surface area contributed by atoms with Gasteiger partial charge in [0, 0.05) is 26.2 Å². The Kier molecular flexibility index (Phi) is 10.2. The molecular formula is C23H34N6S4. The molecule has 0 unspecified atom stereocenters. The normalized spacial score (nSPS) is 17.9. The van der Waals surface area contributed by atoms with Gasteiger partial charge < -0.3 is 9.80 Å². The highest BCUT2D eigenvalue weighted by atomic mass is 32.2. The molecule has 0 amide bonds. The maximum absolute atomic E-state index is 4.58. The maximum Gasteiger partial charge on any atom is 0.138 e. The van der Waals surface area contributed by atoms with E-state index in [2.05, 4.69) is 53.5 Å². The van der Waals surface area contributed by atoms with E-state index in [1.165, 1.54) is 66.7 Å². The molecule has 180 valence electrons. The van der Waals surface area contributed by atoms with Crippen LogP contribution in [0.2, 0.25) is 0 Å². The van der Waals surface area contributed by atoms with E-state index in [9.17, 15) is 0 Å². The molecule has 33 heavy (non-hydrogen) atoms. The van der Waals surface area contributed by atoms with Gasteiger partial charge in [-0.1, -0.05) is 31.4 Å². The molecule has 0 radical (unpaired) electrons. The molecule has 4 rings (SSSR count). The first-order valence-corrected chi connectivity index (χ1v) is 15.3. The van der Waals surface area contributed by atoms with Crippen molar-refractivity contribution in [2.45, 2.75) is 55.0 Å². The van der Waals surface area contributed by atoms with Crippen LogP contribution in [0, 0.1) is 0 Å². The molecule has 0 fully saturated rings. The van der Waals surface area contributed by atoms with Crippen LogP contribution >= 0.6 is 47.0 Å². The van der Waals surface area contributed by atoms with Gasteiger partial charge >= 0.3 is 0 Å². The topological polar surface area (TPSA) is 58.0 Å². The fourth-order valence-corrected chi connectivity index (χ4v) is 7.57. The minimum Gasteiger partial charge on any atom is -0.302 e. The summed E-state index contributed by atoms with van der Waals surface area (Å²) in [5, 5.41) is 2.26. The van der Waals surface area contributed by atoms with Crippen LogP contribution in [0.3, 0.4) is 0 Å². The second-order valence-corrected chi connectivity index (χ2v) is 12.0. The molecule has 0 saturated heterocycles. The Morgan fingerprint density at radius 1 is 0.697 bits per heavy atom. The SMILES string of the molecule is CN1CCC=C(c2nsnc2SCCCCCCCSc2nsnc2C2=CCCN(C)C2)C1.